The molecule has 2 heterocycles. The fourth-order valence-electron chi connectivity index (χ4n) is 4.36. The molecule has 0 aliphatic heterocycles. The van der Waals surface area contributed by atoms with Crippen molar-refractivity contribution in [1.29, 1.82) is 0 Å². The molecule has 2 aromatic heterocycles. The van der Waals surface area contributed by atoms with E-state index in [4.69, 9.17) is 4.98 Å². The van der Waals surface area contributed by atoms with Crippen molar-refractivity contribution in [1.82, 2.24) is 24.5 Å². The molecule has 7 heteroatoms. The van der Waals surface area contributed by atoms with Crippen LogP contribution in [0.15, 0.2) is 29.1 Å². The third-order valence-electron chi connectivity index (χ3n) is 6.14. The van der Waals surface area contributed by atoms with E-state index in [1.807, 2.05) is 24.3 Å². The Morgan fingerprint density at radius 3 is 2.75 bits per heavy atom. The number of carbonyl (C=O) groups is 1. The molecule has 146 valence electrons. The third-order valence-corrected chi connectivity index (χ3v) is 6.14. The first-order chi connectivity index (χ1) is 13.6. The van der Waals surface area contributed by atoms with E-state index in [9.17, 15) is 9.59 Å². The Labute approximate surface area is 162 Å². The molecule has 1 amide bonds. The largest absolute Gasteiger partial charge is 0.352 e. The number of amides is 1. The minimum absolute atomic E-state index is 0.0534. The number of para-hydroxylation sites is 1. The van der Waals surface area contributed by atoms with Crippen LogP contribution in [0.5, 0.6) is 0 Å². The molecular formula is C21H25N5O2. The van der Waals surface area contributed by atoms with E-state index in [2.05, 4.69) is 17.3 Å². The Hall–Kier alpha value is -2.70. The molecule has 0 bridgehead atoms. The van der Waals surface area contributed by atoms with Gasteiger partial charge in [0.15, 0.2) is 5.65 Å². The lowest BCUT2D eigenvalue weighted by molar-refractivity contribution is -0.123. The molecule has 28 heavy (non-hydrogen) atoms. The van der Waals surface area contributed by atoms with Gasteiger partial charge in [-0.15, -0.1) is 5.10 Å². The summed E-state index contributed by atoms with van der Waals surface area (Å²) in [5.74, 6) is 1.41. The zero-order chi connectivity index (χ0) is 19.3. The van der Waals surface area contributed by atoms with Gasteiger partial charge >= 0.3 is 5.69 Å². The maximum Gasteiger partial charge on any atom is 0.352 e. The average Bonchev–Trinajstić information content (AvgIpc) is 3.49. The lowest BCUT2D eigenvalue weighted by Gasteiger charge is -2.29. The Morgan fingerprint density at radius 1 is 1.18 bits per heavy atom. The molecule has 0 radical (unpaired) electrons. The summed E-state index contributed by atoms with van der Waals surface area (Å²) in [4.78, 5) is 30.4. The summed E-state index contributed by atoms with van der Waals surface area (Å²) in [5.41, 5.74) is 1.16. The van der Waals surface area contributed by atoms with E-state index < -0.39 is 0 Å². The number of nitrogens with one attached hydrogen (secondary N) is 1. The second-order valence-electron chi connectivity index (χ2n) is 8.30. The van der Waals surface area contributed by atoms with Gasteiger partial charge in [-0.25, -0.2) is 18.9 Å². The lowest BCUT2D eigenvalue weighted by Crippen LogP contribution is -2.43. The van der Waals surface area contributed by atoms with Gasteiger partial charge in [0.2, 0.25) is 5.91 Å². The zero-order valence-electron chi connectivity index (χ0n) is 16.1. The SMILES string of the molecule is C[C@@H]1CCCC[C@H]1NC(=O)Cn1nc2c3ccccc3nc(C3CC3)n2c1=O. The van der Waals surface area contributed by atoms with Crippen LogP contribution < -0.4 is 11.0 Å². The monoisotopic (exact) mass is 379 g/mol. The van der Waals surface area contributed by atoms with Gasteiger partial charge < -0.3 is 5.32 Å². The first kappa shape index (κ1) is 17.4. The van der Waals surface area contributed by atoms with Gasteiger partial charge in [0.1, 0.15) is 12.4 Å². The second kappa shape index (κ2) is 6.72. The van der Waals surface area contributed by atoms with Crippen molar-refractivity contribution in [2.24, 2.45) is 5.92 Å². The highest BCUT2D eigenvalue weighted by Gasteiger charge is 2.30. The summed E-state index contributed by atoms with van der Waals surface area (Å²) >= 11 is 0. The maximum absolute atomic E-state index is 13.1. The van der Waals surface area contributed by atoms with E-state index in [0.29, 0.717) is 17.5 Å². The summed E-state index contributed by atoms with van der Waals surface area (Å²) in [5, 5.41) is 8.48. The highest BCUT2D eigenvalue weighted by Crippen LogP contribution is 2.39. The second-order valence-corrected chi connectivity index (χ2v) is 8.30. The standard InChI is InChI=1S/C21H25N5O2/c1-13-6-2-4-8-16(13)22-18(27)12-25-21(28)26-19(14-10-11-14)23-17-9-5-3-7-15(17)20(26)24-25/h3,5,7,9,13-14,16H,2,4,6,8,10-12H2,1H3,(H,22,27)/t13-,16-/m1/s1. The van der Waals surface area contributed by atoms with Crippen molar-refractivity contribution in [3.05, 3.63) is 40.6 Å². The minimum atomic E-state index is -0.276. The van der Waals surface area contributed by atoms with Crippen LogP contribution in [0.2, 0.25) is 0 Å². The number of aromatic nitrogens is 4. The predicted molar refractivity (Wildman–Crippen MR) is 106 cm³/mol. The van der Waals surface area contributed by atoms with Crippen molar-refractivity contribution in [3.63, 3.8) is 0 Å². The fourth-order valence-corrected chi connectivity index (χ4v) is 4.36. The van der Waals surface area contributed by atoms with Crippen molar-refractivity contribution < 1.29 is 4.79 Å². The zero-order valence-corrected chi connectivity index (χ0v) is 16.1. The van der Waals surface area contributed by atoms with Crippen LogP contribution in [0.25, 0.3) is 16.6 Å². The molecule has 1 aromatic carbocycles. The van der Waals surface area contributed by atoms with Crippen molar-refractivity contribution >= 4 is 22.5 Å². The molecule has 1 N–H and O–H groups in total. The lowest BCUT2D eigenvalue weighted by atomic mass is 9.86. The van der Waals surface area contributed by atoms with Crippen LogP contribution in [-0.2, 0) is 11.3 Å². The molecule has 2 fully saturated rings. The van der Waals surface area contributed by atoms with E-state index >= 15 is 0 Å². The van der Waals surface area contributed by atoms with Gasteiger partial charge in [0, 0.05) is 17.3 Å². The summed E-state index contributed by atoms with van der Waals surface area (Å²) in [6.07, 6.45) is 6.60. The molecule has 7 nitrogen and oxygen atoms in total. The highest BCUT2D eigenvalue weighted by molar-refractivity contribution is 5.91. The first-order valence-corrected chi connectivity index (χ1v) is 10.3. The van der Waals surface area contributed by atoms with Gasteiger partial charge in [0.25, 0.3) is 0 Å². The van der Waals surface area contributed by atoms with E-state index in [1.54, 1.807) is 4.40 Å². The van der Waals surface area contributed by atoms with Crippen LogP contribution in [0, 0.1) is 5.92 Å². The summed E-state index contributed by atoms with van der Waals surface area (Å²) in [7, 11) is 0. The summed E-state index contributed by atoms with van der Waals surface area (Å²) in [6, 6.07) is 7.92. The number of rotatable bonds is 4. The normalized spacial score (nSPS) is 22.6. The Bertz CT molecular complexity index is 1110. The van der Waals surface area contributed by atoms with Crippen molar-refractivity contribution in [2.75, 3.05) is 0 Å². The molecule has 0 spiro atoms. The van der Waals surface area contributed by atoms with Gasteiger partial charge in [-0.3, -0.25) is 4.79 Å². The van der Waals surface area contributed by atoms with Crippen LogP contribution >= 0.6 is 0 Å². The number of carbonyl (C=O) groups excluding carboxylic acids is 1. The van der Waals surface area contributed by atoms with Gasteiger partial charge in [-0.2, -0.15) is 0 Å². The smallest absolute Gasteiger partial charge is 0.351 e. The predicted octanol–water partition coefficient (Wildman–Crippen LogP) is 2.62. The van der Waals surface area contributed by atoms with E-state index in [-0.39, 0.29) is 24.2 Å². The molecular weight excluding hydrogens is 354 g/mol. The van der Waals surface area contributed by atoms with Crippen LogP contribution in [-0.4, -0.2) is 31.1 Å². The molecule has 2 aliphatic rings. The van der Waals surface area contributed by atoms with Crippen LogP contribution in [0.4, 0.5) is 0 Å². The highest BCUT2D eigenvalue weighted by atomic mass is 16.2. The number of hydrogen-bond acceptors (Lipinski definition) is 4. The van der Waals surface area contributed by atoms with E-state index in [1.165, 1.54) is 11.1 Å². The van der Waals surface area contributed by atoms with Gasteiger partial charge in [-0.05, 0) is 43.7 Å². The number of hydrogen-bond donors (Lipinski definition) is 1. The topological polar surface area (TPSA) is 81.3 Å². The maximum atomic E-state index is 13.1. The molecule has 0 saturated heterocycles. The number of benzene rings is 1. The molecule has 5 rings (SSSR count). The molecule has 2 atom stereocenters. The number of nitrogens with zero attached hydrogens (tertiary/aromatic N) is 4. The average molecular weight is 379 g/mol. The Kier molecular flexibility index (Phi) is 4.18. The first-order valence-electron chi connectivity index (χ1n) is 10.3. The quantitative estimate of drug-likeness (QED) is 0.756. The Balaban J connectivity index is 1.51. The van der Waals surface area contributed by atoms with Crippen molar-refractivity contribution in [2.45, 2.75) is 64.0 Å². The molecule has 0 unspecified atom stereocenters. The van der Waals surface area contributed by atoms with Crippen LogP contribution in [0.3, 0.4) is 0 Å². The molecule has 2 saturated carbocycles. The van der Waals surface area contributed by atoms with Gasteiger partial charge in [-0.1, -0.05) is 31.9 Å². The fraction of sp³-hybridized carbons (Fsp3) is 0.524. The minimum Gasteiger partial charge on any atom is -0.351 e. The van der Waals surface area contributed by atoms with Crippen LogP contribution in [0.1, 0.15) is 57.2 Å². The third kappa shape index (κ3) is 2.99. The van der Waals surface area contributed by atoms with Crippen molar-refractivity contribution in [3.8, 4) is 0 Å². The van der Waals surface area contributed by atoms with E-state index in [0.717, 1.165) is 48.8 Å². The summed E-state index contributed by atoms with van der Waals surface area (Å²) < 4.78 is 2.90. The number of fused-ring (bicyclic) bond motifs is 3. The summed E-state index contributed by atoms with van der Waals surface area (Å²) in [6.45, 7) is 2.13. The van der Waals surface area contributed by atoms with Gasteiger partial charge in [0.05, 0.1) is 5.52 Å². The molecule has 2 aliphatic carbocycles. The Morgan fingerprint density at radius 2 is 1.96 bits per heavy atom. The molecule has 3 aromatic rings.